The Morgan fingerprint density at radius 2 is 1.73 bits per heavy atom. The van der Waals surface area contributed by atoms with Crippen molar-refractivity contribution in [2.75, 3.05) is 6.67 Å². The first-order valence-electron chi connectivity index (χ1n) is 7.52. The van der Waals surface area contributed by atoms with Crippen molar-refractivity contribution < 1.29 is 26.3 Å². The van der Waals surface area contributed by atoms with Crippen LogP contribution in [0.1, 0.15) is 30.0 Å². The molecule has 0 fully saturated rings. The number of allylic oxidation sites excluding steroid dienone is 2. The van der Waals surface area contributed by atoms with Gasteiger partial charge in [0.2, 0.25) is 0 Å². The summed E-state index contributed by atoms with van der Waals surface area (Å²) in [6, 6.07) is 1.33. The zero-order chi connectivity index (χ0) is 19.5. The number of alkyl halides is 6. The average molecular weight is 378 g/mol. The van der Waals surface area contributed by atoms with Crippen molar-refractivity contribution in [2.24, 2.45) is 10.7 Å². The highest BCUT2D eigenvalue weighted by molar-refractivity contribution is 5.99. The Morgan fingerprint density at radius 3 is 2.23 bits per heavy atom. The van der Waals surface area contributed by atoms with Crippen LogP contribution in [0.3, 0.4) is 0 Å². The first kappa shape index (κ1) is 19.7. The molecule has 0 bridgehead atoms. The van der Waals surface area contributed by atoms with E-state index in [0.717, 1.165) is 6.42 Å². The molecule has 0 aromatic heterocycles. The van der Waals surface area contributed by atoms with Crippen LogP contribution in [-0.4, -0.2) is 17.5 Å². The molecule has 1 aliphatic rings. The molecule has 142 valence electrons. The lowest BCUT2D eigenvalue weighted by Crippen LogP contribution is -2.32. The number of amidine groups is 1. The SMILES string of the molecule is CC/C=C(N)\C=C/N1CN=C(c2cc(C(F)(F)F)cc(C(F)(F)F)c2)N1. The summed E-state index contributed by atoms with van der Waals surface area (Å²) in [4.78, 5) is 3.94. The zero-order valence-electron chi connectivity index (χ0n) is 13.6. The second-order valence-corrected chi connectivity index (χ2v) is 5.45. The van der Waals surface area contributed by atoms with Gasteiger partial charge in [0.1, 0.15) is 12.5 Å². The number of aliphatic imine (C=N–C) groups is 1. The number of benzene rings is 1. The number of hydrazine groups is 1. The molecule has 0 radical (unpaired) electrons. The first-order chi connectivity index (χ1) is 12.0. The molecule has 1 aromatic rings. The van der Waals surface area contributed by atoms with Gasteiger partial charge in [-0.25, -0.2) is 4.99 Å². The molecule has 0 saturated carbocycles. The number of nitrogens with one attached hydrogen (secondary N) is 1. The Bertz CT molecular complexity index is 714. The fraction of sp³-hybridized carbons (Fsp3) is 0.312. The summed E-state index contributed by atoms with van der Waals surface area (Å²) in [5, 5.41) is 1.39. The van der Waals surface area contributed by atoms with Gasteiger partial charge in [-0.05, 0) is 30.7 Å². The molecule has 1 heterocycles. The quantitative estimate of drug-likeness (QED) is 0.615. The van der Waals surface area contributed by atoms with Crippen molar-refractivity contribution in [3.8, 4) is 0 Å². The van der Waals surface area contributed by atoms with Crippen LogP contribution in [0.5, 0.6) is 0 Å². The van der Waals surface area contributed by atoms with E-state index in [-0.39, 0.29) is 24.1 Å². The highest BCUT2D eigenvalue weighted by atomic mass is 19.4. The number of hydrogen-bond acceptors (Lipinski definition) is 4. The standard InChI is InChI=1S/C16H16F6N4/c1-2-3-13(23)4-5-26-9-24-14(25-26)10-6-11(15(17,18)19)8-12(7-10)16(20,21)22/h3-8H,2,9,23H2,1H3,(H,24,25)/b5-4-,13-3+. The molecule has 0 atom stereocenters. The van der Waals surface area contributed by atoms with Crippen LogP contribution >= 0.6 is 0 Å². The molecule has 4 nitrogen and oxygen atoms in total. The number of halogens is 6. The molecule has 0 spiro atoms. The molecule has 1 aliphatic heterocycles. The molecule has 1 aromatic carbocycles. The van der Waals surface area contributed by atoms with E-state index in [1.807, 2.05) is 6.92 Å². The van der Waals surface area contributed by atoms with Crippen molar-refractivity contribution >= 4 is 5.84 Å². The minimum atomic E-state index is -4.91. The van der Waals surface area contributed by atoms with Crippen molar-refractivity contribution in [1.29, 1.82) is 0 Å². The third-order valence-corrected chi connectivity index (χ3v) is 3.38. The third-order valence-electron chi connectivity index (χ3n) is 3.38. The molecular formula is C16H16F6N4. The van der Waals surface area contributed by atoms with Gasteiger partial charge in [0, 0.05) is 17.5 Å². The van der Waals surface area contributed by atoms with E-state index in [1.54, 1.807) is 12.2 Å². The van der Waals surface area contributed by atoms with Gasteiger partial charge >= 0.3 is 12.4 Å². The van der Waals surface area contributed by atoms with Crippen LogP contribution in [0.4, 0.5) is 26.3 Å². The Morgan fingerprint density at radius 1 is 1.15 bits per heavy atom. The molecule has 26 heavy (non-hydrogen) atoms. The van der Waals surface area contributed by atoms with E-state index >= 15 is 0 Å². The molecule has 0 aliphatic carbocycles. The van der Waals surface area contributed by atoms with Gasteiger partial charge in [0.15, 0.2) is 0 Å². The Hall–Kier alpha value is -2.65. The molecular weight excluding hydrogens is 362 g/mol. The minimum Gasteiger partial charge on any atom is -0.399 e. The van der Waals surface area contributed by atoms with Gasteiger partial charge in [-0.1, -0.05) is 13.0 Å². The smallest absolute Gasteiger partial charge is 0.399 e. The lowest BCUT2D eigenvalue weighted by molar-refractivity contribution is -0.143. The van der Waals surface area contributed by atoms with Gasteiger partial charge < -0.3 is 5.73 Å². The van der Waals surface area contributed by atoms with E-state index in [4.69, 9.17) is 5.73 Å². The predicted octanol–water partition coefficient (Wildman–Crippen LogP) is 4.01. The first-order valence-corrected chi connectivity index (χ1v) is 7.52. The average Bonchev–Trinajstić information content (AvgIpc) is 3.00. The van der Waals surface area contributed by atoms with Gasteiger partial charge in [0.25, 0.3) is 0 Å². The van der Waals surface area contributed by atoms with Crippen LogP contribution in [0, 0.1) is 0 Å². The largest absolute Gasteiger partial charge is 0.416 e. The highest BCUT2D eigenvalue weighted by Crippen LogP contribution is 2.36. The highest BCUT2D eigenvalue weighted by Gasteiger charge is 2.37. The van der Waals surface area contributed by atoms with Crippen LogP contribution in [-0.2, 0) is 12.4 Å². The van der Waals surface area contributed by atoms with Crippen LogP contribution < -0.4 is 11.2 Å². The fourth-order valence-corrected chi connectivity index (χ4v) is 2.17. The van der Waals surface area contributed by atoms with Gasteiger partial charge in [0.05, 0.1) is 11.1 Å². The second-order valence-electron chi connectivity index (χ2n) is 5.45. The maximum absolute atomic E-state index is 12.9. The summed E-state index contributed by atoms with van der Waals surface area (Å²) >= 11 is 0. The van der Waals surface area contributed by atoms with Gasteiger partial charge in [-0.2, -0.15) is 26.3 Å². The fourth-order valence-electron chi connectivity index (χ4n) is 2.17. The summed E-state index contributed by atoms with van der Waals surface area (Å²) in [6.07, 6.45) is -4.31. The number of rotatable bonds is 4. The van der Waals surface area contributed by atoms with Gasteiger partial charge in [-0.15, -0.1) is 0 Å². The van der Waals surface area contributed by atoms with E-state index in [2.05, 4.69) is 10.4 Å². The number of nitrogens with two attached hydrogens (primary N) is 1. The molecule has 0 unspecified atom stereocenters. The van der Waals surface area contributed by atoms with Crippen LogP contribution in [0.25, 0.3) is 0 Å². The van der Waals surface area contributed by atoms with Gasteiger partial charge in [-0.3, -0.25) is 10.4 Å². The molecule has 3 N–H and O–H groups in total. The van der Waals surface area contributed by atoms with Crippen molar-refractivity contribution in [2.45, 2.75) is 25.7 Å². The number of hydrogen-bond donors (Lipinski definition) is 2. The van der Waals surface area contributed by atoms with Crippen molar-refractivity contribution in [3.05, 3.63) is 58.9 Å². The maximum Gasteiger partial charge on any atom is 0.416 e. The van der Waals surface area contributed by atoms with Crippen LogP contribution in [0.15, 0.2) is 47.2 Å². The van der Waals surface area contributed by atoms with Crippen LogP contribution in [0.2, 0.25) is 0 Å². The molecule has 10 heteroatoms. The topological polar surface area (TPSA) is 53.6 Å². The summed E-state index contributed by atoms with van der Waals surface area (Å²) < 4.78 is 77.5. The summed E-state index contributed by atoms with van der Waals surface area (Å²) in [5.74, 6) is -0.0932. The summed E-state index contributed by atoms with van der Waals surface area (Å²) in [7, 11) is 0. The third kappa shape index (κ3) is 4.93. The normalized spacial score (nSPS) is 16.2. The molecule has 2 rings (SSSR count). The maximum atomic E-state index is 12.9. The zero-order valence-corrected chi connectivity index (χ0v) is 13.6. The van der Waals surface area contributed by atoms with E-state index < -0.39 is 23.5 Å². The van der Waals surface area contributed by atoms with Crippen molar-refractivity contribution in [3.63, 3.8) is 0 Å². The Balaban J connectivity index is 2.28. The Kier molecular flexibility index (Phi) is 5.53. The summed E-state index contributed by atoms with van der Waals surface area (Å²) in [5.41, 5.74) is 5.70. The lowest BCUT2D eigenvalue weighted by atomic mass is 10.0. The van der Waals surface area contributed by atoms with E-state index in [0.29, 0.717) is 17.8 Å². The monoisotopic (exact) mass is 378 g/mol. The Labute approximate surface area is 145 Å². The van der Waals surface area contributed by atoms with E-state index in [1.165, 1.54) is 11.2 Å². The summed E-state index contributed by atoms with van der Waals surface area (Å²) in [6.45, 7) is 1.91. The molecule has 0 saturated heterocycles. The minimum absolute atomic E-state index is 0.0167. The van der Waals surface area contributed by atoms with E-state index in [9.17, 15) is 26.3 Å². The lowest BCUT2D eigenvalue weighted by Gasteiger charge is -2.16. The predicted molar refractivity (Wildman–Crippen MR) is 84.5 cm³/mol. The number of nitrogens with zero attached hydrogens (tertiary/aromatic N) is 2. The molecule has 0 amide bonds. The van der Waals surface area contributed by atoms with Crippen molar-refractivity contribution in [1.82, 2.24) is 10.4 Å². The second kappa shape index (κ2) is 7.30.